The third-order valence-corrected chi connectivity index (χ3v) is 6.73. The smallest absolute Gasteiger partial charge is 0.160 e. The van der Waals surface area contributed by atoms with Gasteiger partial charge in [-0.1, -0.05) is 62.4 Å². The number of aromatic nitrogens is 4. The Morgan fingerprint density at radius 1 is 0.938 bits per heavy atom. The zero-order valence-corrected chi connectivity index (χ0v) is 19.6. The van der Waals surface area contributed by atoms with E-state index in [1.165, 1.54) is 15.8 Å². The monoisotopic (exact) mass is 438 g/mol. The molecule has 32 heavy (non-hydrogen) atoms. The van der Waals surface area contributed by atoms with Gasteiger partial charge in [0.25, 0.3) is 0 Å². The normalized spacial score (nSPS) is 11.5. The lowest BCUT2D eigenvalue weighted by Crippen LogP contribution is -2.01. The highest BCUT2D eigenvalue weighted by molar-refractivity contribution is 7.17. The minimum absolute atomic E-state index is 0.415. The van der Waals surface area contributed by atoms with Crippen molar-refractivity contribution < 1.29 is 0 Å². The van der Waals surface area contributed by atoms with Gasteiger partial charge in [-0.2, -0.15) is 0 Å². The second-order valence-corrected chi connectivity index (χ2v) is 9.48. The van der Waals surface area contributed by atoms with Crippen LogP contribution in [0.2, 0.25) is 0 Å². The largest absolute Gasteiger partial charge is 0.334 e. The highest BCUT2D eigenvalue weighted by Gasteiger charge is 2.15. The summed E-state index contributed by atoms with van der Waals surface area (Å²) in [6.45, 7) is 6.45. The van der Waals surface area contributed by atoms with Crippen LogP contribution in [0.3, 0.4) is 0 Å². The fourth-order valence-corrected chi connectivity index (χ4v) is 5.04. The van der Waals surface area contributed by atoms with Crippen LogP contribution in [-0.4, -0.2) is 19.5 Å². The van der Waals surface area contributed by atoms with E-state index in [9.17, 15) is 0 Å². The number of fused-ring (bicyclic) bond motifs is 1. The van der Waals surface area contributed by atoms with Crippen molar-refractivity contribution in [2.75, 3.05) is 0 Å². The van der Waals surface area contributed by atoms with Crippen molar-refractivity contribution in [1.29, 1.82) is 0 Å². The Morgan fingerprint density at radius 3 is 2.44 bits per heavy atom. The highest BCUT2D eigenvalue weighted by atomic mass is 32.1. The SMILES string of the molecule is Cc1cn(C)c(-c2ccc(Cc3nc(-c4ccccc4C(C)C)nc4ccsc34)cc2)n1. The molecule has 3 heterocycles. The lowest BCUT2D eigenvalue weighted by atomic mass is 9.96. The number of rotatable bonds is 5. The Kier molecular flexibility index (Phi) is 5.35. The van der Waals surface area contributed by atoms with Crippen molar-refractivity contribution >= 4 is 21.6 Å². The summed E-state index contributed by atoms with van der Waals surface area (Å²) < 4.78 is 3.24. The molecule has 3 aromatic heterocycles. The summed E-state index contributed by atoms with van der Waals surface area (Å²) in [4.78, 5) is 14.6. The molecule has 0 saturated heterocycles. The van der Waals surface area contributed by atoms with Gasteiger partial charge in [0.2, 0.25) is 0 Å². The van der Waals surface area contributed by atoms with Crippen molar-refractivity contribution in [2.45, 2.75) is 33.1 Å². The summed E-state index contributed by atoms with van der Waals surface area (Å²) in [6.07, 6.45) is 2.82. The minimum atomic E-state index is 0.415. The Bertz CT molecular complexity index is 1390. The second kappa shape index (κ2) is 8.32. The van der Waals surface area contributed by atoms with Crippen molar-refractivity contribution in [3.63, 3.8) is 0 Å². The van der Waals surface area contributed by atoms with Gasteiger partial charge in [0.1, 0.15) is 5.82 Å². The van der Waals surface area contributed by atoms with Gasteiger partial charge in [0.15, 0.2) is 5.82 Å². The number of hydrogen-bond donors (Lipinski definition) is 0. The van der Waals surface area contributed by atoms with Crippen molar-refractivity contribution in [1.82, 2.24) is 19.5 Å². The van der Waals surface area contributed by atoms with Crippen LogP contribution in [0.5, 0.6) is 0 Å². The minimum Gasteiger partial charge on any atom is -0.334 e. The first kappa shape index (κ1) is 20.6. The summed E-state index contributed by atoms with van der Waals surface area (Å²) in [5, 5.41) is 2.10. The molecule has 0 bridgehead atoms. The van der Waals surface area contributed by atoms with Crippen molar-refractivity contribution in [2.24, 2.45) is 7.05 Å². The van der Waals surface area contributed by atoms with Crippen molar-refractivity contribution in [3.8, 4) is 22.8 Å². The molecule has 0 aliphatic rings. The van der Waals surface area contributed by atoms with Gasteiger partial charge in [-0.15, -0.1) is 11.3 Å². The van der Waals surface area contributed by atoms with E-state index < -0.39 is 0 Å². The molecule has 0 N–H and O–H groups in total. The van der Waals surface area contributed by atoms with E-state index >= 15 is 0 Å². The molecule has 0 atom stereocenters. The quantitative estimate of drug-likeness (QED) is 0.304. The average molecular weight is 439 g/mol. The lowest BCUT2D eigenvalue weighted by Gasteiger charge is -2.13. The number of benzene rings is 2. The zero-order valence-electron chi connectivity index (χ0n) is 18.8. The molecular formula is C27H26N4S. The van der Waals surface area contributed by atoms with Gasteiger partial charge < -0.3 is 4.57 Å². The predicted molar refractivity (Wildman–Crippen MR) is 133 cm³/mol. The summed E-state index contributed by atoms with van der Waals surface area (Å²) in [7, 11) is 2.04. The topological polar surface area (TPSA) is 43.6 Å². The van der Waals surface area contributed by atoms with Crippen LogP contribution in [0, 0.1) is 6.92 Å². The van der Waals surface area contributed by atoms with E-state index in [0.717, 1.165) is 46.1 Å². The molecule has 0 radical (unpaired) electrons. The first-order valence-corrected chi connectivity index (χ1v) is 11.8. The number of imidazole rings is 1. The zero-order chi connectivity index (χ0) is 22.2. The van der Waals surface area contributed by atoms with Crippen LogP contribution in [-0.2, 0) is 13.5 Å². The van der Waals surface area contributed by atoms with E-state index in [-0.39, 0.29) is 0 Å². The first-order valence-electron chi connectivity index (χ1n) is 10.9. The predicted octanol–water partition coefficient (Wildman–Crippen LogP) is 6.78. The van der Waals surface area contributed by atoms with Gasteiger partial charge in [0, 0.05) is 30.8 Å². The third kappa shape index (κ3) is 3.84. The summed E-state index contributed by atoms with van der Waals surface area (Å²) in [5.74, 6) is 2.22. The number of thiophene rings is 1. The van der Waals surface area contributed by atoms with Crippen molar-refractivity contribution in [3.05, 3.63) is 88.7 Å². The molecule has 5 aromatic rings. The number of hydrogen-bond acceptors (Lipinski definition) is 4. The summed E-state index contributed by atoms with van der Waals surface area (Å²) in [5.41, 5.74) is 7.89. The standard InChI is InChI=1S/C27H26N4S/c1-17(2)21-7-5-6-8-22(21)26-29-23-13-14-32-25(23)24(30-26)15-19-9-11-20(12-10-19)27-28-18(3)16-31(27)4/h5-14,16-17H,15H2,1-4H3. The Labute approximate surface area is 192 Å². The van der Waals surface area contributed by atoms with Crippen LogP contribution in [0.25, 0.3) is 33.0 Å². The van der Waals surface area contributed by atoms with E-state index in [1.54, 1.807) is 11.3 Å². The van der Waals surface area contributed by atoms with Gasteiger partial charge >= 0.3 is 0 Å². The Morgan fingerprint density at radius 2 is 1.72 bits per heavy atom. The first-order chi connectivity index (χ1) is 15.5. The molecule has 0 aliphatic heterocycles. The second-order valence-electron chi connectivity index (χ2n) is 8.56. The molecule has 5 rings (SSSR count). The van der Waals surface area contributed by atoms with E-state index in [4.69, 9.17) is 9.97 Å². The molecule has 0 spiro atoms. The molecule has 4 nitrogen and oxygen atoms in total. The van der Waals surface area contributed by atoms with E-state index in [0.29, 0.717) is 5.92 Å². The molecular weight excluding hydrogens is 412 g/mol. The molecule has 0 amide bonds. The van der Waals surface area contributed by atoms with Gasteiger partial charge in [-0.25, -0.2) is 15.0 Å². The molecule has 5 heteroatoms. The fourth-order valence-electron chi connectivity index (χ4n) is 4.22. The summed E-state index contributed by atoms with van der Waals surface area (Å²) in [6, 6.07) is 19.2. The lowest BCUT2D eigenvalue weighted by molar-refractivity contribution is 0.866. The Balaban J connectivity index is 1.52. The average Bonchev–Trinajstić information content (AvgIpc) is 3.40. The van der Waals surface area contributed by atoms with Crippen LogP contribution >= 0.6 is 11.3 Å². The molecule has 0 unspecified atom stereocenters. The molecule has 160 valence electrons. The van der Waals surface area contributed by atoms with Gasteiger partial charge in [-0.05, 0) is 35.4 Å². The van der Waals surface area contributed by atoms with E-state index in [2.05, 4.69) is 83.4 Å². The molecule has 0 saturated carbocycles. The third-order valence-electron chi connectivity index (χ3n) is 5.78. The fraction of sp³-hybridized carbons (Fsp3) is 0.222. The number of nitrogens with zero attached hydrogens (tertiary/aromatic N) is 4. The van der Waals surface area contributed by atoms with Crippen LogP contribution in [0.4, 0.5) is 0 Å². The maximum atomic E-state index is 5.06. The van der Waals surface area contributed by atoms with Crippen LogP contribution < -0.4 is 0 Å². The van der Waals surface area contributed by atoms with Crippen LogP contribution in [0.1, 0.15) is 42.3 Å². The maximum absolute atomic E-state index is 5.06. The van der Waals surface area contributed by atoms with Gasteiger partial charge in [0.05, 0.1) is 21.6 Å². The molecule has 0 fully saturated rings. The Hall–Kier alpha value is -3.31. The van der Waals surface area contributed by atoms with Crippen LogP contribution in [0.15, 0.2) is 66.2 Å². The van der Waals surface area contributed by atoms with Gasteiger partial charge in [-0.3, -0.25) is 0 Å². The summed E-state index contributed by atoms with van der Waals surface area (Å²) >= 11 is 1.71. The number of aryl methyl sites for hydroxylation is 2. The maximum Gasteiger partial charge on any atom is 0.160 e. The molecule has 2 aromatic carbocycles. The molecule has 0 aliphatic carbocycles. The highest BCUT2D eigenvalue weighted by Crippen LogP contribution is 2.31. The van der Waals surface area contributed by atoms with E-state index in [1.807, 2.05) is 20.2 Å².